The molecule has 1 N–H and O–H groups in total. The minimum absolute atomic E-state index is 0.0271. The van der Waals surface area contributed by atoms with Gasteiger partial charge in [-0.25, -0.2) is 4.79 Å². The Morgan fingerprint density at radius 3 is 2.65 bits per heavy atom. The van der Waals surface area contributed by atoms with Gasteiger partial charge < -0.3 is 19.5 Å². The number of hydrogen-bond donors (Lipinski definition) is 1. The molecule has 23 heavy (non-hydrogen) atoms. The van der Waals surface area contributed by atoms with Gasteiger partial charge in [-0.15, -0.1) is 0 Å². The van der Waals surface area contributed by atoms with Gasteiger partial charge in [0.25, 0.3) is 0 Å². The summed E-state index contributed by atoms with van der Waals surface area (Å²) in [6.07, 6.45) is 3.15. The Labute approximate surface area is 135 Å². The Hall–Kier alpha value is -2.76. The number of rotatable bonds is 7. The van der Waals surface area contributed by atoms with Crippen molar-refractivity contribution in [2.24, 2.45) is 0 Å². The molecule has 0 fully saturated rings. The van der Waals surface area contributed by atoms with E-state index in [4.69, 9.17) is 14.2 Å². The van der Waals surface area contributed by atoms with Gasteiger partial charge >= 0.3 is 12.1 Å². The monoisotopic (exact) mass is 319 g/mol. The number of nitrogens with one attached hydrogen (secondary N) is 1. The molecule has 1 aromatic carbocycles. The van der Waals surface area contributed by atoms with Crippen molar-refractivity contribution in [1.29, 1.82) is 0 Å². The van der Waals surface area contributed by atoms with Crippen LogP contribution in [0.3, 0.4) is 0 Å². The first-order chi connectivity index (χ1) is 11.0. The highest BCUT2D eigenvalue weighted by Gasteiger charge is 2.11. The van der Waals surface area contributed by atoms with Gasteiger partial charge in [-0.1, -0.05) is 24.8 Å². The zero-order valence-corrected chi connectivity index (χ0v) is 13.5. The van der Waals surface area contributed by atoms with Crippen molar-refractivity contribution < 1.29 is 23.8 Å². The molecule has 0 aliphatic carbocycles. The largest absolute Gasteiger partial charge is 0.493 e. The van der Waals surface area contributed by atoms with Crippen molar-refractivity contribution in [3.8, 4) is 11.5 Å². The lowest BCUT2D eigenvalue weighted by molar-refractivity contribution is -0.139. The van der Waals surface area contributed by atoms with E-state index in [2.05, 4.69) is 11.9 Å². The molecule has 0 spiro atoms. The van der Waals surface area contributed by atoms with E-state index >= 15 is 0 Å². The molecule has 1 aromatic rings. The van der Waals surface area contributed by atoms with E-state index in [1.165, 1.54) is 7.11 Å². The lowest BCUT2D eigenvalue weighted by atomic mass is 10.2. The van der Waals surface area contributed by atoms with Crippen LogP contribution in [0, 0.1) is 0 Å². The minimum Gasteiger partial charge on any atom is -0.493 e. The van der Waals surface area contributed by atoms with Gasteiger partial charge in [0.1, 0.15) is 0 Å². The molecule has 0 saturated carbocycles. The highest BCUT2D eigenvalue weighted by atomic mass is 16.6. The summed E-state index contributed by atoms with van der Waals surface area (Å²) in [5.41, 5.74) is 0.930. The molecule has 0 aromatic heterocycles. The maximum absolute atomic E-state index is 11.7. The summed E-state index contributed by atoms with van der Waals surface area (Å²) in [4.78, 5) is 23.0. The zero-order chi connectivity index (χ0) is 17.2. The number of methoxy groups -OCH3 is 1. The van der Waals surface area contributed by atoms with Crippen LogP contribution in [0.25, 0.3) is 6.08 Å². The summed E-state index contributed by atoms with van der Waals surface area (Å²) in [7, 11) is 1.49. The summed E-state index contributed by atoms with van der Waals surface area (Å²) in [5, 5.41) is 2.47. The fraction of sp³-hybridized carbons (Fsp3) is 0.294. The van der Waals surface area contributed by atoms with Gasteiger partial charge in [-0.2, -0.15) is 0 Å². The van der Waals surface area contributed by atoms with Gasteiger partial charge in [0.2, 0.25) is 0 Å². The summed E-state index contributed by atoms with van der Waals surface area (Å²) in [6, 6.07) is 5.20. The van der Waals surface area contributed by atoms with Gasteiger partial charge in [0, 0.05) is 6.54 Å². The Kier molecular flexibility index (Phi) is 7.39. The molecule has 0 bridgehead atoms. The minimum atomic E-state index is -0.676. The van der Waals surface area contributed by atoms with Gasteiger partial charge in [0.05, 0.1) is 19.3 Å². The van der Waals surface area contributed by atoms with Crippen molar-refractivity contribution in [2.75, 3.05) is 13.7 Å². The standard InChI is InChI=1S/C17H21NO5/c1-5-6-13-7-8-14(15(11-13)21-4)23-17(20)18-10-9-16(19)22-12(2)3/h5-8,11H,2,9-10H2,1,3-4H3,(H,18,20)/b6-5+. The molecule has 6 nitrogen and oxygen atoms in total. The van der Waals surface area contributed by atoms with Crippen LogP contribution < -0.4 is 14.8 Å². The molecule has 0 heterocycles. The van der Waals surface area contributed by atoms with Crippen molar-refractivity contribution in [2.45, 2.75) is 20.3 Å². The Morgan fingerprint density at radius 1 is 1.30 bits per heavy atom. The molecule has 0 atom stereocenters. The van der Waals surface area contributed by atoms with E-state index in [1.807, 2.05) is 19.1 Å². The maximum Gasteiger partial charge on any atom is 0.412 e. The van der Waals surface area contributed by atoms with Crippen molar-refractivity contribution in [3.63, 3.8) is 0 Å². The summed E-state index contributed by atoms with van der Waals surface area (Å²) in [5.74, 6) is 0.579. The predicted octanol–water partition coefficient (Wildman–Crippen LogP) is 3.28. The highest BCUT2D eigenvalue weighted by molar-refractivity contribution is 5.74. The number of carbonyl (C=O) groups excluding carboxylic acids is 2. The van der Waals surface area contributed by atoms with Crippen LogP contribution >= 0.6 is 0 Å². The topological polar surface area (TPSA) is 73.9 Å². The summed E-state index contributed by atoms with van der Waals surface area (Å²) in [6.45, 7) is 7.04. The number of ether oxygens (including phenoxy) is 3. The third kappa shape index (κ3) is 6.69. The van der Waals surface area contributed by atoms with Crippen LogP contribution in [0.2, 0.25) is 0 Å². The first-order valence-corrected chi connectivity index (χ1v) is 7.09. The molecule has 1 rings (SSSR count). The molecule has 0 unspecified atom stereocenters. The van der Waals surface area contributed by atoms with E-state index < -0.39 is 12.1 Å². The molecule has 0 aliphatic heterocycles. The molecule has 0 radical (unpaired) electrons. The van der Waals surface area contributed by atoms with Crippen molar-refractivity contribution >= 4 is 18.1 Å². The highest BCUT2D eigenvalue weighted by Crippen LogP contribution is 2.28. The van der Waals surface area contributed by atoms with Crippen LogP contribution in [-0.2, 0) is 9.53 Å². The van der Waals surface area contributed by atoms with E-state index in [0.717, 1.165) is 5.56 Å². The molecule has 0 aliphatic rings. The number of carbonyl (C=O) groups is 2. The number of benzene rings is 1. The van der Waals surface area contributed by atoms with E-state index in [9.17, 15) is 9.59 Å². The van der Waals surface area contributed by atoms with E-state index in [0.29, 0.717) is 17.3 Å². The fourth-order valence-corrected chi connectivity index (χ4v) is 1.71. The number of amides is 1. The molecule has 6 heteroatoms. The number of esters is 1. The Bertz CT molecular complexity index is 607. The third-order valence-electron chi connectivity index (χ3n) is 2.64. The lowest BCUT2D eigenvalue weighted by Gasteiger charge is -2.10. The van der Waals surface area contributed by atoms with Crippen LogP contribution in [0.4, 0.5) is 4.79 Å². The van der Waals surface area contributed by atoms with Gasteiger partial charge in [-0.05, 0) is 31.5 Å². The average molecular weight is 319 g/mol. The second-order valence-corrected chi connectivity index (χ2v) is 4.65. The molecule has 124 valence electrons. The van der Waals surface area contributed by atoms with Crippen LogP contribution in [0.15, 0.2) is 36.6 Å². The molecular weight excluding hydrogens is 298 g/mol. The first-order valence-electron chi connectivity index (χ1n) is 7.09. The maximum atomic E-state index is 11.7. The number of hydrogen-bond acceptors (Lipinski definition) is 5. The summed E-state index contributed by atoms with van der Waals surface area (Å²) < 4.78 is 15.1. The van der Waals surface area contributed by atoms with Gasteiger partial charge in [0.15, 0.2) is 11.5 Å². The fourth-order valence-electron chi connectivity index (χ4n) is 1.71. The Morgan fingerprint density at radius 2 is 2.04 bits per heavy atom. The van der Waals surface area contributed by atoms with Crippen LogP contribution in [0.1, 0.15) is 25.8 Å². The van der Waals surface area contributed by atoms with E-state index in [1.54, 1.807) is 25.1 Å². The van der Waals surface area contributed by atoms with E-state index in [-0.39, 0.29) is 13.0 Å². The Balaban J connectivity index is 2.54. The third-order valence-corrected chi connectivity index (χ3v) is 2.64. The lowest BCUT2D eigenvalue weighted by Crippen LogP contribution is -2.29. The molecule has 1 amide bonds. The predicted molar refractivity (Wildman–Crippen MR) is 87.3 cm³/mol. The van der Waals surface area contributed by atoms with Crippen molar-refractivity contribution in [3.05, 3.63) is 42.2 Å². The van der Waals surface area contributed by atoms with Crippen LogP contribution in [-0.4, -0.2) is 25.7 Å². The quantitative estimate of drug-likeness (QED) is 0.616. The van der Waals surface area contributed by atoms with Gasteiger partial charge in [-0.3, -0.25) is 4.79 Å². The van der Waals surface area contributed by atoms with Crippen LogP contribution in [0.5, 0.6) is 11.5 Å². The average Bonchev–Trinajstić information content (AvgIpc) is 2.48. The molecular formula is C17H21NO5. The second-order valence-electron chi connectivity index (χ2n) is 4.65. The smallest absolute Gasteiger partial charge is 0.412 e. The SMILES string of the molecule is C=C(C)OC(=O)CCNC(=O)Oc1ccc(/C=C/C)cc1OC. The second kappa shape index (κ2) is 9.30. The van der Waals surface area contributed by atoms with Crippen molar-refractivity contribution in [1.82, 2.24) is 5.32 Å². The zero-order valence-electron chi connectivity index (χ0n) is 13.5. The summed E-state index contributed by atoms with van der Waals surface area (Å²) >= 11 is 0. The number of allylic oxidation sites excluding steroid dienone is 2. The molecule has 0 saturated heterocycles. The first kappa shape index (κ1) is 18.3. The normalized spacial score (nSPS) is 10.2.